The fraction of sp³-hybridized carbons (Fsp3) is 0.667. The number of piperazine rings is 1. The van der Waals surface area contributed by atoms with Gasteiger partial charge < -0.3 is 9.42 Å². The van der Waals surface area contributed by atoms with Crippen molar-refractivity contribution < 1.29 is 4.52 Å². The number of aromatic nitrogens is 4. The van der Waals surface area contributed by atoms with Gasteiger partial charge >= 0.3 is 0 Å². The summed E-state index contributed by atoms with van der Waals surface area (Å²) >= 11 is 0. The molecule has 1 unspecified atom stereocenters. The molecule has 25 heavy (non-hydrogen) atoms. The predicted octanol–water partition coefficient (Wildman–Crippen LogP) is 2.11. The number of rotatable bonds is 4. The van der Waals surface area contributed by atoms with Gasteiger partial charge in [-0.2, -0.15) is 4.98 Å². The van der Waals surface area contributed by atoms with E-state index in [0.29, 0.717) is 5.92 Å². The van der Waals surface area contributed by atoms with Gasteiger partial charge in [0.15, 0.2) is 5.82 Å². The number of anilines is 1. The van der Waals surface area contributed by atoms with E-state index in [1.807, 2.05) is 0 Å². The van der Waals surface area contributed by atoms with Crippen LogP contribution in [0.15, 0.2) is 10.9 Å². The fourth-order valence-electron chi connectivity index (χ4n) is 4.02. The lowest BCUT2D eigenvalue weighted by Crippen LogP contribution is -2.47. The third kappa shape index (κ3) is 2.80. The topological polar surface area (TPSA) is 71.2 Å². The van der Waals surface area contributed by atoms with E-state index >= 15 is 0 Å². The van der Waals surface area contributed by atoms with Crippen LogP contribution in [0, 0.1) is 0 Å². The van der Waals surface area contributed by atoms with Crippen LogP contribution in [0.2, 0.25) is 0 Å². The predicted molar refractivity (Wildman–Crippen MR) is 92.5 cm³/mol. The van der Waals surface area contributed by atoms with Crippen molar-refractivity contribution in [1.29, 1.82) is 0 Å². The summed E-state index contributed by atoms with van der Waals surface area (Å²) in [6.07, 6.45) is 7.56. The van der Waals surface area contributed by atoms with E-state index in [2.05, 4.69) is 36.8 Å². The van der Waals surface area contributed by atoms with E-state index in [4.69, 9.17) is 4.52 Å². The molecule has 0 radical (unpaired) electrons. The average molecular weight is 340 g/mol. The molecule has 132 valence electrons. The Hall–Kier alpha value is -2.02. The number of hydrogen-bond acceptors (Lipinski definition) is 7. The first kappa shape index (κ1) is 15.3. The van der Waals surface area contributed by atoms with Crippen molar-refractivity contribution >= 4 is 5.82 Å². The lowest BCUT2D eigenvalue weighted by atomic mass is 10.2. The standard InChI is InChI=1S/C18H24N6O/c1-12(18-21-16(22-25-18)13-5-6-13)23-7-9-24(10-8-23)17-14-3-2-4-15(14)19-11-20-17/h11-13H,2-10H2,1H3. The molecule has 0 aromatic carbocycles. The van der Waals surface area contributed by atoms with Crippen molar-refractivity contribution in [3.8, 4) is 0 Å². The van der Waals surface area contributed by atoms with Crippen molar-refractivity contribution in [3.05, 3.63) is 29.3 Å². The summed E-state index contributed by atoms with van der Waals surface area (Å²) in [4.78, 5) is 18.5. The van der Waals surface area contributed by atoms with Gasteiger partial charge in [-0.15, -0.1) is 0 Å². The van der Waals surface area contributed by atoms with Gasteiger partial charge in [0.1, 0.15) is 12.1 Å². The lowest BCUT2D eigenvalue weighted by molar-refractivity contribution is 0.164. The van der Waals surface area contributed by atoms with Gasteiger partial charge in [-0.1, -0.05) is 5.16 Å². The highest BCUT2D eigenvalue weighted by Gasteiger charge is 2.32. The first-order chi connectivity index (χ1) is 12.3. The number of aryl methyl sites for hydroxylation is 1. The second-order valence-corrected chi connectivity index (χ2v) is 7.44. The highest BCUT2D eigenvalue weighted by molar-refractivity contribution is 5.50. The molecule has 1 saturated carbocycles. The zero-order valence-electron chi connectivity index (χ0n) is 14.7. The Kier molecular flexibility index (Phi) is 3.69. The Morgan fingerprint density at radius 2 is 1.96 bits per heavy atom. The quantitative estimate of drug-likeness (QED) is 0.844. The van der Waals surface area contributed by atoms with E-state index < -0.39 is 0 Å². The Balaban J connectivity index is 1.25. The average Bonchev–Trinajstić information content (AvgIpc) is 3.19. The van der Waals surface area contributed by atoms with Crippen LogP contribution in [-0.2, 0) is 12.8 Å². The SMILES string of the molecule is CC(c1nc(C2CC2)no1)N1CCN(c2ncnc3c2CCC3)CC1. The minimum absolute atomic E-state index is 0.179. The van der Waals surface area contributed by atoms with Crippen molar-refractivity contribution in [2.75, 3.05) is 31.1 Å². The Morgan fingerprint density at radius 1 is 1.12 bits per heavy atom. The van der Waals surface area contributed by atoms with Gasteiger partial charge in [0.25, 0.3) is 0 Å². The van der Waals surface area contributed by atoms with Gasteiger partial charge in [-0.05, 0) is 39.0 Å². The molecule has 2 fully saturated rings. The number of nitrogens with zero attached hydrogens (tertiary/aromatic N) is 6. The van der Waals surface area contributed by atoms with Crippen molar-refractivity contribution in [3.63, 3.8) is 0 Å². The van der Waals surface area contributed by atoms with Crippen LogP contribution in [0.1, 0.15) is 61.1 Å². The maximum absolute atomic E-state index is 5.52. The molecule has 0 spiro atoms. The molecular formula is C18H24N6O. The Labute approximate surface area is 147 Å². The molecule has 0 N–H and O–H groups in total. The molecule has 3 aliphatic rings. The molecule has 1 atom stereocenters. The van der Waals surface area contributed by atoms with Gasteiger partial charge in [-0.3, -0.25) is 4.90 Å². The summed E-state index contributed by atoms with van der Waals surface area (Å²) in [5.41, 5.74) is 2.62. The van der Waals surface area contributed by atoms with E-state index in [1.54, 1.807) is 6.33 Å². The van der Waals surface area contributed by atoms with Crippen LogP contribution in [0.5, 0.6) is 0 Å². The van der Waals surface area contributed by atoms with Crippen LogP contribution in [0.4, 0.5) is 5.82 Å². The van der Waals surface area contributed by atoms with Gasteiger partial charge in [-0.25, -0.2) is 9.97 Å². The van der Waals surface area contributed by atoms with Crippen LogP contribution in [0.25, 0.3) is 0 Å². The summed E-state index contributed by atoms with van der Waals surface area (Å²) in [7, 11) is 0. The molecule has 0 amide bonds. The van der Waals surface area contributed by atoms with Crippen LogP contribution < -0.4 is 4.90 Å². The van der Waals surface area contributed by atoms with Gasteiger partial charge in [0.2, 0.25) is 5.89 Å². The molecule has 7 heteroatoms. The molecule has 3 heterocycles. The molecule has 0 bridgehead atoms. The largest absolute Gasteiger partial charge is 0.354 e. The fourth-order valence-corrected chi connectivity index (χ4v) is 4.02. The first-order valence-electron chi connectivity index (χ1n) is 9.45. The third-order valence-corrected chi connectivity index (χ3v) is 5.77. The first-order valence-corrected chi connectivity index (χ1v) is 9.45. The van der Waals surface area contributed by atoms with Crippen LogP contribution in [0.3, 0.4) is 0 Å². The van der Waals surface area contributed by atoms with E-state index in [1.165, 1.54) is 30.5 Å². The minimum Gasteiger partial charge on any atom is -0.354 e. The lowest BCUT2D eigenvalue weighted by Gasteiger charge is -2.37. The third-order valence-electron chi connectivity index (χ3n) is 5.77. The van der Waals surface area contributed by atoms with E-state index in [-0.39, 0.29) is 6.04 Å². The van der Waals surface area contributed by atoms with Crippen molar-refractivity contribution in [1.82, 2.24) is 25.0 Å². The molecule has 1 saturated heterocycles. The summed E-state index contributed by atoms with van der Waals surface area (Å²) in [6, 6.07) is 0.179. The monoisotopic (exact) mass is 340 g/mol. The maximum Gasteiger partial charge on any atom is 0.243 e. The zero-order valence-corrected chi connectivity index (χ0v) is 14.7. The zero-order chi connectivity index (χ0) is 16.8. The van der Waals surface area contributed by atoms with Crippen LogP contribution >= 0.6 is 0 Å². The molecule has 2 aliphatic carbocycles. The minimum atomic E-state index is 0.179. The molecule has 5 rings (SSSR count). The summed E-state index contributed by atoms with van der Waals surface area (Å²) in [5, 5.41) is 4.16. The molecule has 7 nitrogen and oxygen atoms in total. The second kappa shape index (κ2) is 6.05. The van der Waals surface area contributed by atoms with Gasteiger partial charge in [0.05, 0.1) is 6.04 Å². The molecule has 2 aromatic heterocycles. The summed E-state index contributed by atoms with van der Waals surface area (Å²) < 4.78 is 5.52. The smallest absolute Gasteiger partial charge is 0.243 e. The molecule has 2 aromatic rings. The summed E-state index contributed by atoms with van der Waals surface area (Å²) in [5.74, 6) is 3.36. The molecular weight excluding hydrogens is 316 g/mol. The Bertz CT molecular complexity index is 763. The normalized spacial score (nSPS) is 22.2. The second-order valence-electron chi connectivity index (χ2n) is 7.44. The van der Waals surface area contributed by atoms with Crippen molar-refractivity contribution in [2.24, 2.45) is 0 Å². The maximum atomic E-state index is 5.52. The van der Waals surface area contributed by atoms with Crippen molar-refractivity contribution in [2.45, 2.75) is 51.0 Å². The van der Waals surface area contributed by atoms with E-state index in [9.17, 15) is 0 Å². The highest BCUT2D eigenvalue weighted by Crippen LogP contribution is 2.38. The number of hydrogen-bond donors (Lipinski definition) is 0. The molecule has 1 aliphatic heterocycles. The number of fused-ring (bicyclic) bond motifs is 1. The Morgan fingerprint density at radius 3 is 2.76 bits per heavy atom. The highest BCUT2D eigenvalue weighted by atomic mass is 16.5. The van der Waals surface area contributed by atoms with Crippen LogP contribution in [-0.4, -0.2) is 51.2 Å². The van der Waals surface area contributed by atoms with Gasteiger partial charge in [0, 0.05) is 43.4 Å². The van der Waals surface area contributed by atoms with E-state index in [0.717, 1.165) is 56.6 Å². The summed E-state index contributed by atoms with van der Waals surface area (Å²) in [6.45, 7) is 6.11.